The first kappa shape index (κ1) is 14.5. The van der Waals surface area contributed by atoms with Crippen molar-refractivity contribution in [3.8, 4) is 0 Å². The van der Waals surface area contributed by atoms with Gasteiger partial charge in [-0.15, -0.1) is 0 Å². The summed E-state index contributed by atoms with van der Waals surface area (Å²) in [4.78, 5) is 25.5. The van der Waals surface area contributed by atoms with E-state index < -0.39 is 12.1 Å². The number of nitrogens with two attached hydrogens (primary N) is 1. The van der Waals surface area contributed by atoms with Crippen molar-refractivity contribution in [1.82, 2.24) is 10.2 Å². The quantitative estimate of drug-likeness (QED) is 0.637. The fraction of sp³-hybridized carbons (Fsp3) is 0.357. The third-order valence-corrected chi connectivity index (χ3v) is 3.53. The van der Waals surface area contributed by atoms with Crippen LogP contribution in [-0.2, 0) is 11.2 Å². The summed E-state index contributed by atoms with van der Waals surface area (Å²) in [6.45, 7) is 2.29. The molecule has 1 aromatic rings. The number of hydrogen-bond acceptors (Lipinski definition) is 3. The van der Waals surface area contributed by atoms with E-state index in [0.717, 1.165) is 16.9 Å². The van der Waals surface area contributed by atoms with Gasteiger partial charge in [-0.25, -0.2) is 4.79 Å². The zero-order chi connectivity index (χ0) is 14.7. The fourth-order valence-corrected chi connectivity index (χ4v) is 2.22. The first-order chi connectivity index (χ1) is 9.52. The van der Waals surface area contributed by atoms with Crippen molar-refractivity contribution in [1.29, 1.82) is 0 Å². The number of carbonyl (C=O) groups is 2. The van der Waals surface area contributed by atoms with Gasteiger partial charge >= 0.3 is 6.03 Å². The average molecular weight is 291 g/mol. The highest BCUT2D eigenvalue weighted by Gasteiger charge is 2.38. The largest absolute Gasteiger partial charge is 0.393 e. The number of benzene rings is 1. The van der Waals surface area contributed by atoms with E-state index in [2.05, 4.69) is 12.2 Å². The molecule has 20 heavy (non-hydrogen) atoms. The minimum atomic E-state index is -0.611. The van der Waals surface area contributed by atoms with Crippen molar-refractivity contribution in [2.45, 2.75) is 25.8 Å². The molecule has 106 valence electrons. The van der Waals surface area contributed by atoms with Crippen LogP contribution in [0, 0.1) is 0 Å². The Balaban J connectivity index is 2.12. The third kappa shape index (κ3) is 2.96. The number of carbonyl (C=O) groups excluding carboxylic acids is 2. The van der Waals surface area contributed by atoms with E-state index in [0.29, 0.717) is 11.4 Å². The molecular formula is C14H17N3O2S. The highest BCUT2D eigenvalue weighted by atomic mass is 32.1. The molecule has 0 aliphatic carbocycles. The molecule has 0 saturated carbocycles. The lowest BCUT2D eigenvalue weighted by Gasteiger charge is -2.12. The van der Waals surface area contributed by atoms with Gasteiger partial charge in [-0.3, -0.25) is 9.69 Å². The first-order valence-electron chi connectivity index (χ1n) is 6.52. The van der Waals surface area contributed by atoms with E-state index in [1.165, 1.54) is 5.56 Å². The Morgan fingerprint density at radius 3 is 2.55 bits per heavy atom. The molecule has 1 heterocycles. The van der Waals surface area contributed by atoms with Crippen molar-refractivity contribution < 1.29 is 9.59 Å². The van der Waals surface area contributed by atoms with Crippen molar-refractivity contribution in [3.63, 3.8) is 0 Å². The molecule has 3 N–H and O–H groups in total. The molecule has 3 amide bonds. The van der Waals surface area contributed by atoms with Crippen LogP contribution in [-0.4, -0.2) is 28.4 Å². The summed E-state index contributed by atoms with van der Waals surface area (Å²) in [5.41, 5.74) is 7.38. The number of amides is 3. The first-order valence-corrected chi connectivity index (χ1v) is 6.92. The van der Waals surface area contributed by atoms with Crippen LogP contribution in [0.4, 0.5) is 4.79 Å². The molecule has 1 atom stereocenters. The smallest absolute Gasteiger partial charge is 0.325 e. The van der Waals surface area contributed by atoms with Gasteiger partial charge in [-0.1, -0.05) is 43.4 Å². The lowest BCUT2D eigenvalue weighted by molar-refractivity contribution is -0.127. The minimum Gasteiger partial charge on any atom is -0.393 e. The zero-order valence-corrected chi connectivity index (χ0v) is 12.1. The summed E-state index contributed by atoms with van der Waals surface area (Å²) < 4.78 is 0. The number of nitrogens with zero attached hydrogens (tertiary/aromatic N) is 1. The highest BCUT2D eigenvalue weighted by molar-refractivity contribution is 7.80. The summed E-state index contributed by atoms with van der Waals surface area (Å²) in [5.74, 6) is -0.254. The van der Waals surface area contributed by atoms with Crippen LogP contribution in [0.1, 0.15) is 30.5 Å². The van der Waals surface area contributed by atoms with Gasteiger partial charge in [0, 0.05) is 13.0 Å². The number of imide groups is 1. The number of aryl methyl sites for hydroxylation is 1. The van der Waals surface area contributed by atoms with Crippen LogP contribution < -0.4 is 11.1 Å². The molecule has 2 rings (SSSR count). The summed E-state index contributed by atoms with van der Waals surface area (Å²) >= 11 is 4.77. The van der Waals surface area contributed by atoms with Crippen molar-refractivity contribution >= 4 is 29.1 Å². The molecule has 0 spiro atoms. The molecule has 1 aliphatic rings. The van der Waals surface area contributed by atoms with E-state index in [-0.39, 0.29) is 12.5 Å². The number of rotatable bonds is 5. The van der Waals surface area contributed by atoms with Crippen molar-refractivity contribution in [3.05, 3.63) is 35.4 Å². The number of urea groups is 1. The molecule has 0 bridgehead atoms. The molecule has 1 fully saturated rings. The van der Waals surface area contributed by atoms with Gasteiger partial charge < -0.3 is 11.1 Å². The average Bonchev–Trinajstić information content (AvgIpc) is 2.72. The monoisotopic (exact) mass is 291 g/mol. The summed E-state index contributed by atoms with van der Waals surface area (Å²) in [6.07, 6.45) is 1.28. The van der Waals surface area contributed by atoms with E-state index in [9.17, 15) is 9.59 Å². The van der Waals surface area contributed by atoms with Crippen LogP contribution in [0.25, 0.3) is 0 Å². The standard InChI is InChI=1S/C14H17N3O2S/c1-2-9-3-5-10(6-4-9)12-13(18)17(14(19)16-12)8-7-11(15)20/h3-6,12H,2,7-8H2,1H3,(H2,15,20)(H,16,19). The van der Waals surface area contributed by atoms with Gasteiger partial charge in [-0.2, -0.15) is 0 Å². The Bertz CT molecular complexity index is 542. The molecular weight excluding hydrogens is 274 g/mol. The van der Waals surface area contributed by atoms with E-state index >= 15 is 0 Å². The van der Waals surface area contributed by atoms with E-state index in [1.807, 2.05) is 24.3 Å². The Morgan fingerprint density at radius 2 is 2.00 bits per heavy atom. The van der Waals surface area contributed by atoms with Crippen molar-refractivity contribution in [2.24, 2.45) is 5.73 Å². The maximum Gasteiger partial charge on any atom is 0.325 e. The predicted octanol–water partition coefficient (Wildman–Crippen LogP) is 1.52. The Labute approximate surface area is 123 Å². The zero-order valence-electron chi connectivity index (χ0n) is 11.3. The summed E-state index contributed by atoms with van der Waals surface area (Å²) in [6, 6.07) is 6.67. The lowest BCUT2D eigenvalue weighted by atomic mass is 10.0. The third-order valence-electron chi connectivity index (χ3n) is 3.33. The predicted molar refractivity (Wildman–Crippen MR) is 80.2 cm³/mol. The minimum absolute atomic E-state index is 0.226. The Hall–Kier alpha value is -1.95. The molecule has 1 aliphatic heterocycles. The lowest BCUT2D eigenvalue weighted by Crippen LogP contribution is -2.33. The van der Waals surface area contributed by atoms with Gasteiger partial charge in [0.1, 0.15) is 6.04 Å². The summed E-state index contributed by atoms with van der Waals surface area (Å²) in [5, 5.41) is 2.68. The van der Waals surface area contributed by atoms with Gasteiger partial charge in [0.05, 0.1) is 4.99 Å². The maximum atomic E-state index is 12.2. The highest BCUT2D eigenvalue weighted by Crippen LogP contribution is 2.22. The SMILES string of the molecule is CCc1ccc(C2NC(=O)N(CCC(N)=S)C2=O)cc1. The van der Waals surface area contributed by atoms with Crippen LogP contribution in [0.2, 0.25) is 0 Å². The maximum absolute atomic E-state index is 12.2. The number of nitrogens with one attached hydrogen (secondary N) is 1. The van der Waals surface area contributed by atoms with Crippen LogP contribution in [0.3, 0.4) is 0 Å². The second-order valence-electron chi connectivity index (χ2n) is 4.68. The Kier molecular flexibility index (Phi) is 4.34. The van der Waals surface area contributed by atoms with Crippen LogP contribution in [0.5, 0.6) is 0 Å². The van der Waals surface area contributed by atoms with Gasteiger partial charge in [0.25, 0.3) is 5.91 Å². The van der Waals surface area contributed by atoms with Gasteiger partial charge in [0.2, 0.25) is 0 Å². The molecule has 1 unspecified atom stereocenters. The normalized spacial score (nSPS) is 18.2. The topological polar surface area (TPSA) is 75.4 Å². The number of thiocarbonyl (C=S) groups is 1. The second kappa shape index (κ2) is 6.00. The van der Waals surface area contributed by atoms with Gasteiger partial charge in [-0.05, 0) is 17.5 Å². The van der Waals surface area contributed by atoms with Crippen LogP contribution in [0.15, 0.2) is 24.3 Å². The van der Waals surface area contributed by atoms with Crippen molar-refractivity contribution in [2.75, 3.05) is 6.54 Å². The molecule has 0 aromatic heterocycles. The Morgan fingerprint density at radius 1 is 1.35 bits per heavy atom. The van der Waals surface area contributed by atoms with E-state index in [4.69, 9.17) is 18.0 Å². The second-order valence-corrected chi connectivity index (χ2v) is 5.21. The molecule has 1 aromatic carbocycles. The molecule has 0 radical (unpaired) electrons. The molecule has 5 nitrogen and oxygen atoms in total. The number of hydrogen-bond donors (Lipinski definition) is 2. The molecule has 6 heteroatoms. The van der Waals surface area contributed by atoms with Gasteiger partial charge in [0.15, 0.2) is 0 Å². The fourth-order valence-electron chi connectivity index (χ4n) is 2.12. The van der Waals surface area contributed by atoms with Crippen LogP contribution >= 0.6 is 12.2 Å². The summed E-state index contributed by atoms with van der Waals surface area (Å²) in [7, 11) is 0. The molecule has 1 saturated heterocycles. The van der Waals surface area contributed by atoms with E-state index in [1.54, 1.807) is 0 Å².